The van der Waals surface area contributed by atoms with Crippen LogP contribution in [0, 0.1) is 5.92 Å². The molecule has 0 saturated carbocycles. The predicted octanol–water partition coefficient (Wildman–Crippen LogP) is 3.71. The van der Waals surface area contributed by atoms with E-state index in [-0.39, 0.29) is 24.3 Å². The van der Waals surface area contributed by atoms with Gasteiger partial charge in [-0.3, -0.25) is 9.48 Å². The molecule has 1 aromatic heterocycles. The average molecular weight is 430 g/mol. The molecule has 0 spiro atoms. The Kier molecular flexibility index (Phi) is 5.42. The van der Waals surface area contributed by atoms with Crippen molar-refractivity contribution < 1.29 is 18.3 Å². The lowest BCUT2D eigenvalue weighted by Crippen LogP contribution is -2.37. The Morgan fingerprint density at radius 2 is 2.16 bits per heavy atom. The number of hydrogen-bond donors (Lipinski definition) is 0. The van der Waals surface area contributed by atoms with E-state index in [1.165, 1.54) is 0 Å². The molecule has 6 nitrogen and oxygen atoms in total. The molecular weight excluding hydrogens is 402 g/mol. The fraction of sp³-hybridized carbons (Fsp3) is 0.565. The molecule has 166 valence electrons. The molecule has 1 amide bonds. The number of benzene rings is 1. The Balaban J connectivity index is 1.59. The zero-order valence-electron chi connectivity index (χ0n) is 17.8. The van der Waals surface area contributed by atoms with Crippen molar-refractivity contribution >= 4 is 17.4 Å². The quantitative estimate of drug-likeness (QED) is 0.742. The van der Waals surface area contributed by atoms with Gasteiger partial charge >= 0.3 is 0 Å². The van der Waals surface area contributed by atoms with E-state index in [1.807, 2.05) is 29.2 Å². The molecule has 0 N–H and O–H groups in total. The number of carbonyl (C=O) groups excluding carboxylic acids is 1. The minimum Gasteiger partial charge on any atom is -0.379 e. The summed E-state index contributed by atoms with van der Waals surface area (Å²) in [4.78, 5) is 16.1. The molecule has 1 saturated heterocycles. The number of carbonyl (C=O) groups is 1. The van der Waals surface area contributed by atoms with Crippen molar-refractivity contribution in [3.05, 3.63) is 41.1 Å². The number of nitrogens with zero attached hydrogens (tertiary/aromatic N) is 4. The van der Waals surface area contributed by atoms with Gasteiger partial charge in [0.1, 0.15) is 0 Å². The van der Waals surface area contributed by atoms with E-state index in [4.69, 9.17) is 9.84 Å². The van der Waals surface area contributed by atoms with Crippen molar-refractivity contribution in [1.82, 2.24) is 14.7 Å². The molecule has 31 heavy (non-hydrogen) atoms. The largest absolute Gasteiger partial charge is 0.379 e. The number of rotatable bonds is 4. The van der Waals surface area contributed by atoms with Crippen LogP contribution < -0.4 is 4.90 Å². The number of amides is 1. The molecule has 1 fully saturated rings. The SMILES string of the molecule is CC(=O)N1CCc2c(c(N3CC(CC(F)F)Cc4ccccc43)nn2[C@H]2CCOC2)C1. The Bertz CT molecular complexity index is 970. The molecule has 0 bridgehead atoms. The highest BCUT2D eigenvalue weighted by Gasteiger charge is 2.35. The second-order valence-electron chi connectivity index (χ2n) is 8.84. The third kappa shape index (κ3) is 3.82. The van der Waals surface area contributed by atoms with Crippen LogP contribution in [0.15, 0.2) is 24.3 Å². The summed E-state index contributed by atoms with van der Waals surface area (Å²) in [5.41, 5.74) is 4.30. The number of alkyl halides is 2. The number of anilines is 2. The van der Waals surface area contributed by atoms with Gasteiger partial charge in [-0.25, -0.2) is 8.78 Å². The molecule has 3 aliphatic rings. The van der Waals surface area contributed by atoms with Crippen molar-refractivity contribution in [1.29, 1.82) is 0 Å². The van der Waals surface area contributed by atoms with E-state index in [0.29, 0.717) is 32.7 Å². The maximum Gasteiger partial charge on any atom is 0.239 e. The molecule has 5 rings (SSSR count). The summed E-state index contributed by atoms with van der Waals surface area (Å²) in [7, 11) is 0. The van der Waals surface area contributed by atoms with E-state index in [1.54, 1.807) is 6.92 Å². The van der Waals surface area contributed by atoms with E-state index >= 15 is 0 Å². The predicted molar refractivity (Wildman–Crippen MR) is 113 cm³/mol. The van der Waals surface area contributed by atoms with Gasteiger partial charge in [0.15, 0.2) is 5.82 Å². The molecule has 0 radical (unpaired) electrons. The Morgan fingerprint density at radius 1 is 1.32 bits per heavy atom. The fourth-order valence-corrected chi connectivity index (χ4v) is 5.22. The van der Waals surface area contributed by atoms with Gasteiger partial charge in [0.2, 0.25) is 12.3 Å². The minimum absolute atomic E-state index is 0.0446. The van der Waals surface area contributed by atoms with Crippen LogP contribution in [0.5, 0.6) is 0 Å². The monoisotopic (exact) mass is 430 g/mol. The third-order valence-corrected chi connectivity index (χ3v) is 6.76. The van der Waals surface area contributed by atoms with Crippen LogP contribution in [0.2, 0.25) is 0 Å². The summed E-state index contributed by atoms with van der Waals surface area (Å²) in [5.74, 6) is 0.709. The molecule has 2 atom stereocenters. The van der Waals surface area contributed by atoms with Crippen molar-refractivity contribution in [3.63, 3.8) is 0 Å². The number of fused-ring (bicyclic) bond motifs is 2. The first-order valence-electron chi connectivity index (χ1n) is 11.1. The molecule has 3 aliphatic heterocycles. The van der Waals surface area contributed by atoms with Gasteiger partial charge in [0, 0.05) is 56.4 Å². The maximum atomic E-state index is 13.3. The number of halogens is 2. The van der Waals surface area contributed by atoms with Gasteiger partial charge in [0.05, 0.1) is 19.2 Å². The van der Waals surface area contributed by atoms with Gasteiger partial charge in [-0.05, 0) is 30.4 Å². The van der Waals surface area contributed by atoms with Gasteiger partial charge in [-0.15, -0.1) is 0 Å². The molecule has 4 heterocycles. The topological polar surface area (TPSA) is 50.6 Å². The van der Waals surface area contributed by atoms with Gasteiger partial charge in [0.25, 0.3) is 0 Å². The van der Waals surface area contributed by atoms with E-state index in [0.717, 1.165) is 47.8 Å². The highest BCUT2D eigenvalue weighted by molar-refractivity contribution is 5.75. The molecular formula is C23H28F2N4O2. The summed E-state index contributed by atoms with van der Waals surface area (Å²) < 4.78 is 34.2. The number of aromatic nitrogens is 2. The smallest absolute Gasteiger partial charge is 0.239 e. The summed E-state index contributed by atoms with van der Waals surface area (Å²) >= 11 is 0. The summed E-state index contributed by atoms with van der Waals surface area (Å²) in [6.45, 7) is 4.63. The molecule has 1 unspecified atom stereocenters. The van der Waals surface area contributed by atoms with Crippen molar-refractivity contribution in [3.8, 4) is 0 Å². The number of hydrogen-bond acceptors (Lipinski definition) is 4. The highest BCUT2D eigenvalue weighted by atomic mass is 19.3. The highest BCUT2D eigenvalue weighted by Crippen LogP contribution is 2.41. The van der Waals surface area contributed by atoms with Crippen LogP contribution in [0.4, 0.5) is 20.3 Å². The van der Waals surface area contributed by atoms with Crippen LogP contribution in [0.3, 0.4) is 0 Å². The zero-order valence-corrected chi connectivity index (χ0v) is 17.8. The lowest BCUT2D eigenvalue weighted by Gasteiger charge is -2.36. The van der Waals surface area contributed by atoms with Gasteiger partial charge in [-0.2, -0.15) is 5.10 Å². The van der Waals surface area contributed by atoms with Crippen LogP contribution in [-0.2, 0) is 28.9 Å². The number of para-hydroxylation sites is 1. The number of ether oxygens (including phenoxy) is 1. The Labute approximate surface area is 180 Å². The first-order chi connectivity index (χ1) is 15.0. The molecule has 1 aromatic carbocycles. The second kappa shape index (κ2) is 8.22. The van der Waals surface area contributed by atoms with Crippen LogP contribution in [0.1, 0.15) is 42.6 Å². The van der Waals surface area contributed by atoms with E-state index in [2.05, 4.69) is 9.58 Å². The van der Waals surface area contributed by atoms with Crippen molar-refractivity contribution in [2.24, 2.45) is 5.92 Å². The van der Waals surface area contributed by atoms with E-state index in [9.17, 15) is 13.6 Å². The summed E-state index contributed by atoms with van der Waals surface area (Å²) in [5, 5.41) is 5.04. The van der Waals surface area contributed by atoms with Crippen LogP contribution in [0.25, 0.3) is 0 Å². The lowest BCUT2D eigenvalue weighted by molar-refractivity contribution is -0.129. The van der Waals surface area contributed by atoms with E-state index < -0.39 is 6.43 Å². The summed E-state index contributed by atoms with van der Waals surface area (Å²) in [6, 6.07) is 8.20. The second-order valence-corrected chi connectivity index (χ2v) is 8.84. The van der Waals surface area contributed by atoms with Crippen molar-refractivity contribution in [2.75, 3.05) is 31.2 Å². The van der Waals surface area contributed by atoms with Gasteiger partial charge < -0.3 is 14.5 Å². The normalized spacial score (nSPS) is 23.2. The third-order valence-electron chi connectivity index (χ3n) is 6.76. The van der Waals surface area contributed by atoms with Crippen LogP contribution >= 0.6 is 0 Å². The van der Waals surface area contributed by atoms with Gasteiger partial charge in [-0.1, -0.05) is 18.2 Å². The molecule has 0 aliphatic carbocycles. The van der Waals surface area contributed by atoms with Crippen molar-refractivity contribution in [2.45, 2.75) is 51.6 Å². The first kappa shape index (κ1) is 20.4. The molecule has 8 heteroatoms. The lowest BCUT2D eigenvalue weighted by atomic mass is 9.90. The zero-order chi connectivity index (χ0) is 21.5. The Morgan fingerprint density at radius 3 is 2.90 bits per heavy atom. The minimum atomic E-state index is -2.33. The summed E-state index contributed by atoms with van der Waals surface area (Å²) in [6.07, 6.45) is -0.143. The fourth-order valence-electron chi connectivity index (χ4n) is 5.22. The van der Waals surface area contributed by atoms with Crippen LogP contribution in [-0.4, -0.2) is 53.3 Å². The molecule has 2 aromatic rings. The standard InChI is InChI=1S/C23H28F2N4O2/c1-15(30)27-8-6-21-19(13-27)23(26-29(21)18-7-9-31-14-18)28-12-16(11-22(24)25)10-17-4-2-3-5-20(17)28/h2-5,16,18,22H,6-14H2,1H3/t16?,18-/m0/s1. The first-order valence-corrected chi connectivity index (χ1v) is 11.1. The maximum absolute atomic E-state index is 13.3. The Hall–Kier alpha value is -2.48. The average Bonchev–Trinajstić information content (AvgIpc) is 3.40.